The fourth-order valence-electron chi connectivity index (χ4n) is 6.07. The predicted octanol–water partition coefficient (Wildman–Crippen LogP) is 5.09. The first-order valence-corrected chi connectivity index (χ1v) is 12.5. The third-order valence-electron chi connectivity index (χ3n) is 7.70. The molecule has 5 unspecified atom stereocenters. The average molecular weight is 425 g/mol. The maximum Gasteiger partial charge on any atom is 0.270 e. The molecule has 1 aromatic carbocycles. The number of para-hydroxylation sites is 1. The lowest BCUT2D eigenvalue weighted by molar-refractivity contribution is 0.0495. The van der Waals surface area contributed by atoms with E-state index in [1.54, 1.807) is 0 Å². The molecule has 2 heterocycles. The van der Waals surface area contributed by atoms with Gasteiger partial charge < -0.3 is 10.7 Å². The summed E-state index contributed by atoms with van der Waals surface area (Å²) in [5, 5.41) is 0. The number of rotatable bonds is 7. The van der Waals surface area contributed by atoms with Crippen LogP contribution in [-0.2, 0) is 6.42 Å². The molecule has 31 heavy (non-hydrogen) atoms. The highest BCUT2D eigenvalue weighted by Crippen LogP contribution is 2.37. The second-order valence-electron chi connectivity index (χ2n) is 10.1. The number of nitrogens with zero attached hydrogens (tertiary/aromatic N) is 2. The highest BCUT2D eigenvalue weighted by atomic mass is 16.1. The van der Waals surface area contributed by atoms with Crippen molar-refractivity contribution in [2.45, 2.75) is 109 Å². The highest BCUT2D eigenvalue weighted by molar-refractivity contribution is 5.78. The summed E-state index contributed by atoms with van der Waals surface area (Å²) in [4.78, 5) is 23.7. The summed E-state index contributed by atoms with van der Waals surface area (Å²) in [6, 6.07) is 8.11. The van der Waals surface area contributed by atoms with E-state index in [2.05, 4.69) is 42.8 Å². The molecule has 5 nitrogen and oxygen atoms in total. The molecule has 1 saturated carbocycles. The van der Waals surface area contributed by atoms with Crippen molar-refractivity contribution in [2.75, 3.05) is 0 Å². The number of nitrogens with two attached hydrogens (primary N) is 1. The first-order valence-electron chi connectivity index (χ1n) is 12.5. The molecule has 3 N–H and O–H groups in total. The first kappa shape index (κ1) is 22.5. The number of unbranched alkanes of at least 4 members (excludes halogenated alkanes) is 1. The number of H-pyrrole nitrogens is 1. The van der Waals surface area contributed by atoms with E-state index >= 15 is 0 Å². The lowest BCUT2D eigenvalue weighted by atomic mass is 9.89. The molecular weight excluding hydrogens is 384 g/mol. The van der Waals surface area contributed by atoms with Gasteiger partial charge in [0.1, 0.15) is 5.69 Å². The van der Waals surface area contributed by atoms with Crippen LogP contribution in [-0.4, -0.2) is 33.0 Å². The van der Waals surface area contributed by atoms with Crippen LogP contribution in [0.1, 0.15) is 95.9 Å². The topological polar surface area (TPSA) is 75.0 Å². The van der Waals surface area contributed by atoms with Crippen LogP contribution < -0.4 is 11.3 Å². The van der Waals surface area contributed by atoms with Gasteiger partial charge in [-0.25, -0.2) is 4.98 Å². The molecule has 1 aromatic heterocycles. The number of aromatic nitrogens is 2. The van der Waals surface area contributed by atoms with Gasteiger partial charge in [0.25, 0.3) is 5.56 Å². The Kier molecular flexibility index (Phi) is 7.12. The summed E-state index contributed by atoms with van der Waals surface area (Å²) in [6.07, 6.45) is 11.3. The Balaban J connectivity index is 1.74. The zero-order chi connectivity index (χ0) is 22.0. The number of piperidine rings is 1. The summed E-state index contributed by atoms with van der Waals surface area (Å²) < 4.78 is 0. The fraction of sp³-hybridized carbons (Fsp3) is 0.692. The van der Waals surface area contributed by atoms with Crippen LogP contribution in [0.3, 0.4) is 0 Å². The Labute approximate surface area is 186 Å². The molecule has 4 rings (SSSR count). The molecule has 0 amide bonds. The second kappa shape index (κ2) is 9.83. The van der Waals surface area contributed by atoms with Gasteiger partial charge in [0.05, 0.1) is 11.0 Å². The molecule has 0 spiro atoms. The summed E-state index contributed by atoms with van der Waals surface area (Å²) in [5.74, 6) is 0.478. The van der Waals surface area contributed by atoms with Gasteiger partial charge >= 0.3 is 0 Å². The minimum atomic E-state index is -0.0325. The van der Waals surface area contributed by atoms with Crippen molar-refractivity contribution in [1.29, 1.82) is 0 Å². The van der Waals surface area contributed by atoms with Crippen molar-refractivity contribution in [3.05, 3.63) is 39.8 Å². The lowest BCUT2D eigenvalue weighted by Gasteiger charge is -2.44. The molecule has 1 aliphatic heterocycles. The lowest BCUT2D eigenvalue weighted by Crippen LogP contribution is -2.46. The van der Waals surface area contributed by atoms with E-state index in [0.29, 0.717) is 29.7 Å². The number of aromatic amines is 1. The molecule has 5 heteroatoms. The van der Waals surface area contributed by atoms with E-state index < -0.39 is 0 Å². The monoisotopic (exact) mass is 424 g/mol. The van der Waals surface area contributed by atoms with Crippen molar-refractivity contribution in [3.63, 3.8) is 0 Å². The maximum absolute atomic E-state index is 12.8. The van der Waals surface area contributed by atoms with E-state index in [1.165, 1.54) is 37.7 Å². The van der Waals surface area contributed by atoms with Crippen molar-refractivity contribution < 1.29 is 0 Å². The number of nitrogens with one attached hydrogen (secondary N) is 1. The molecule has 1 saturated heterocycles. The number of benzene rings is 1. The number of fused-ring (bicyclic) bond motifs is 1. The van der Waals surface area contributed by atoms with E-state index in [-0.39, 0.29) is 11.6 Å². The normalized spacial score (nSPS) is 28.3. The van der Waals surface area contributed by atoms with Gasteiger partial charge in [-0.2, -0.15) is 0 Å². The summed E-state index contributed by atoms with van der Waals surface area (Å²) in [7, 11) is 0. The molecule has 170 valence electrons. The van der Waals surface area contributed by atoms with E-state index in [4.69, 9.17) is 10.7 Å². The Morgan fingerprint density at radius 1 is 1.19 bits per heavy atom. The average Bonchev–Trinajstić information content (AvgIpc) is 3.15. The SMILES string of the molecule is CCCCC(c1cccc2[nH]c(=O)c(CC3CCC(N)C3)nc12)N1C(C)CCCC1C. The van der Waals surface area contributed by atoms with Gasteiger partial charge in [0, 0.05) is 24.2 Å². The number of likely N-dealkylation sites (tertiary alicyclic amines) is 1. The van der Waals surface area contributed by atoms with Gasteiger partial charge in [-0.3, -0.25) is 9.69 Å². The van der Waals surface area contributed by atoms with Crippen LogP contribution in [0.4, 0.5) is 0 Å². The third kappa shape index (κ3) is 4.88. The van der Waals surface area contributed by atoms with Gasteiger partial charge in [-0.1, -0.05) is 38.3 Å². The number of hydrogen-bond donors (Lipinski definition) is 2. The largest absolute Gasteiger partial charge is 0.328 e. The quantitative estimate of drug-likeness (QED) is 0.649. The van der Waals surface area contributed by atoms with Crippen LogP contribution in [0.15, 0.2) is 23.0 Å². The second-order valence-corrected chi connectivity index (χ2v) is 10.1. The minimum Gasteiger partial charge on any atom is -0.328 e. The van der Waals surface area contributed by atoms with Gasteiger partial charge in [-0.05, 0) is 76.3 Å². The van der Waals surface area contributed by atoms with Gasteiger partial charge in [0.2, 0.25) is 0 Å². The zero-order valence-corrected chi connectivity index (χ0v) is 19.6. The summed E-state index contributed by atoms with van der Waals surface area (Å²) >= 11 is 0. The van der Waals surface area contributed by atoms with Crippen LogP contribution in [0.2, 0.25) is 0 Å². The predicted molar refractivity (Wildman–Crippen MR) is 128 cm³/mol. The van der Waals surface area contributed by atoms with Crippen LogP contribution in [0.25, 0.3) is 11.0 Å². The van der Waals surface area contributed by atoms with Gasteiger partial charge in [0.15, 0.2) is 0 Å². The molecule has 2 aliphatic rings. The Morgan fingerprint density at radius 3 is 2.65 bits per heavy atom. The van der Waals surface area contributed by atoms with E-state index in [1.807, 2.05) is 6.07 Å². The van der Waals surface area contributed by atoms with Crippen molar-refractivity contribution in [1.82, 2.24) is 14.9 Å². The molecule has 2 fully saturated rings. The zero-order valence-electron chi connectivity index (χ0n) is 19.6. The van der Waals surface area contributed by atoms with Crippen molar-refractivity contribution >= 4 is 11.0 Å². The van der Waals surface area contributed by atoms with Crippen molar-refractivity contribution in [2.24, 2.45) is 11.7 Å². The minimum absolute atomic E-state index is 0.0325. The standard InChI is InChI=1S/C26H40N4O/c1-4-5-12-24(30-17(2)8-6-9-18(30)3)21-10-7-11-22-25(21)28-23(26(31)29-22)16-19-13-14-20(27)15-19/h7,10-11,17-20,24H,4-6,8-9,12-16,27H2,1-3H3,(H,29,31). The molecule has 2 aromatic rings. The smallest absolute Gasteiger partial charge is 0.270 e. The van der Waals surface area contributed by atoms with E-state index in [0.717, 1.165) is 43.1 Å². The molecule has 0 bridgehead atoms. The van der Waals surface area contributed by atoms with Crippen molar-refractivity contribution in [3.8, 4) is 0 Å². The Bertz CT molecular complexity index is 929. The first-order chi connectivity index (χ1) is 15.0. The molecule has 0 radical (unpaired) electrons. The summed E-state index contributed by atoms with van der Waals surface area (Å²) in [5.41, 5.74) is 9.91. The van der Waals surface area contributed by atoms with Gasteiger partial charge in [-0.15, -0.1) is 0 Å². The third-order valence-corrected chi connectivity index (χ3v) is 7.70. The molecule has 5 atom stereocenters. The van der Waals surface area contributed by atoms with Crippen LogP contribution >= 0.6 is 0 Å². The van der Waals surface area contributed by atoms with Crippen LogP contribution in [0, 0.1) is 5.92 Å². The molecule has 1 aliphatic carbocycles. The fourth-order valence-corrected chi connectivity index (χ4v) is 6.07. The van der Waals surface area contributed by atoms with E-state index in [9.17, 15) is 4.79 Å². The Hall–Kier alpha value is -1.72. The van der Waals surface area contributed by atoms with Crippen LogP contribution in [0.5, 0.6) is 0 Å². The summed E-state index contributed by atoms with van der Waals surface area (Å²) in [6.45, 7) is 7.02. The Morgan fingerprint density at radius 2 is 1.97 bits per heavy atom. The molecular formula is C26H40N4O. The highest BCUT2D eigenvalue weighted by Gasteiger charge is 2.33. The number of hydrogen-bond acceptors (Lipinski definition) is 4. The maximum atomic E-state index is 12.8.